The SMILES string of the molecule is CCCCOc1ccc(/C=N/NC(=O)c2cccc([N+](=O)[O-])c2)cc1OC. The monoisotopic (exact) mass is 371 g/mol. The van der Waals surface area contributed by atoms with Crippen molar-refractivity contribution in [3.8, 4) is 11.5 Å². The van der Waals surface area contributed by atoms with E-state index < -0.39 is 10.8 Å². The molecule has 0 aromatic heterocycles. The largest absolute Gasteiger partial charge is 0.493 e. The number of methoxy groups -OCH3 is 1. The van der Waals surface area contributed by atoms with Gasteiger partial charge in [-0.05, 0) is 36.2 Å². The number of unbranched alkanes of at least 4 members (excludes halogenated alkanes) is 1. The van der Waals surface area contributed by atoms with Crippen LogP contribution in [-0.4, -0.2) is 30.8 Å². The fourth-order valence-corrected chi connectivity index (χ4v) is 2.20. The number of hydrogen-bond donors (Lipinski definition) is 1. The van der Waals surface area contributed by atoms with Crippen molar-refractivity contribution < 1.29 is 19.2 Å². The van der Waals surface area contributed by atoms with Crippen molar-refractivity contribution >= 4 is 17.8 Å². The summed E-state index contributed by atoms with van der Waals surface area (Å²) in [5.74, 6) is 0.672. The van der Waals surface area contributed by atoms with Gasteiger partial charge >= 0.3 is 0 Å². The smallest absolute Gasteiger partial charge is 0.271 e. The Morgan fingerprint density at radius 1 is 1.26 bits per heavy atom. The Hall–Kier alpha value is -3.42. The predicted octanol–water partition coefficient (Wildman–Crippen LogP) is 3.55. The fourth-order valence-electron chi connectivity index (χ4n) is 2.20. The molecule has 0 saturated carbocycles. The Balaban J connectivity index is 2.02. The van der Waals surface area contributed by atoms with Crippen LogP contribution < -0.4 is 14.9 Å². The number of carbonyl (C=O) groups is 1. The Morgan fingerprint density at radius 3 is 2.78 bits per heavy atom. The van der Waals surface area contributed by atoms with Gasteiger partial charge in [-0.3, -0.25) is 14.9 Å². The zero-order valence-corrected chi connectivity index (χ0v) is 15.2. The van der Waals surface area contributed by atoms with Gasteiger partial charge in [0.1, 0.15) is 0 Å². The Morgan fingerprint density at radius 2 is 2.07 bits per heavy atom. The number of nitrogens with zero attached hydrogens (tertiary/aromatic N) is 2. The van der Waals surface area contributed by atoms with Crippen LogP contribution in [0.3, 0.4) is 0 Å². The van der Waals surface area contributed by atoms with Crippen LogP contribution in [0.25, 0.3) is 0 Å². The molecule has 0 spiro atoms. The highest BCUT2D eigenvalue weighted by Gasteiger charge is 2.10. The van der Waals surface area contributed by atoms with Crippen LogP contribution >= 0.6 is 0 Å². The molecule has 2 aromatic carbocycles. The second-order valence-corrected chi connectivity index (χ2v) is 5.62. The maximum Gasteiger partial charge on any atom is 0.271 e. The van der Waals surface area contributed by atoms with E-state index in [1.54, 1.807) is 25.3 Å². The minimum atomic E-state index is -0.559. The molecule has 0 aliphatic carbocycles. The van der Waals surface area contributed by atoms with E-state index in [4.69, 9.17) is 9.47 Å². The van der Waals surface area contributed by atoms with Gasteiger partial charge in [-0.1, -0.05) is 19.4 Å². The molecule has 1 N–H and O–H groups in total. The van der Waals surface area contributed by atoms with Gasteiger partial charge in [0.15, 0.2) is 11.5 Å². The molecule has 27 heavy (non-hydrogen) atoms. The topological polar surface area (TPSA) is 103 Å². The van der Waals surface area contributed by atoms with Crippen molar-refractivity contribution in [2.45, 2.75) is 19.8 Å². The number of non-ortho nitro benzene ring substituents is 1. The molecule has 142 valence electrons. The molecule has 0 aliphatic rings. The van der Waals surface area contributed by atoms with Gasteiger partial charge in [0.05, 0.1) is 24.9 Å². The van der Waals surface area contributed by atoms with E-state index >= 15 is 0 Å². The number of ether oxygens (including phenoxy) is 2. The van der Waals surface area contributed by atoms with Crippen molar-refractivity contribution in [3.63, 3.8) is 0 Å². The highest BCUT2D eigenvalue weighted by Crippen LogP contribution is 2.27. The summed E-state index contributed by atoms with van der Waals surface area (Å²) in [7, 11) is 1.55. The number of hydrogen-bond acceptors (Lipinski definition) is 6. The summed E-state index contributed by atoms with van der Waals surface area (Å²) in [6.07, 6.45) is 3.45. The van der Waals surface area contributed by atoms with Crippen molar-refractivity contribution in [3.05, 3.63) is 63.7 Å². The number of nitrogens with one attached hydrogen (secondary N) is 1. The van der Waals surface area contributed by atoms with Gasteiger partial charge < -0.3 is 9.47 Å². The summed E-state index contributed by atoms with van der Waals surface area (Å²) in [4.78, 5) is 22.3. The van der Waals surface area contributed by atoms with E-state index in [0.29, 0.717) is 23.7 Å². The lowest BCUT2D eigenvalue weighted by Crippen LogP contribution is -2.17. The molecule has 2 rings (SSSR count). The lowest BCUT2D eigenvalue weighted by Gasteiger charge is -2.10. The number of amides is 1. The fraction of sp³-hybridized carbons (Fsp3) is 0.263. The maximum atomic E-state index is 12.0. The predicted molar refractivity (Wildman–Crippen MR) is 102 cm³/mol. The summed E-state index contributed by atoms with van der Waals surface area (Å²) >= 11 is 0. The first kappa shape index (κ1) is 19.9. The van der Waals surface area contributed by atoms with Gasteiger partial charge in [0.25, 0.3) is 11.6 Å². The maximum absolute atomic E-state index is 12.0. The summed E-state index contributed by atoms with van der Waals surface area (Å²) in [6.45, 7) is 2.70. The molecule has 1 amide bonds. The number of nitro benzene ring substituents is 1. The van der Waals surface area contributed by atoms with Gasteiger partial charge in [0.2, 0.25) is 0 Å². The van der Waals surface area contributed by atoms with Crippen LogP contribution in [0.4, 0.5) is 5.69 Å². The normalized spacial score (nSPS) is 10.6. The van der Waals surface area contributed by atoms with Gasteiger partial charge in [-0.25, -0.2) is 5.43 Å². The molecule has 8 nitrogen and oxygen atoms in total. The molecule has 0 unspecified atom stereocenters. The van der Waals surface area contributed by atoms with Crippen LogP contribution in [0.1, 0.15) is 35.7 Å². The number of nitro groups is 1. The van der Waals surface area contributed by atoms with Gasteiger partial charge in [-0.2, -0.15) is 5.10 Å². The Labute approximate surface area is 157 Å². The first-order chi connectivity index (χ1) is 13.0. The molecule has 0 saturated heterocycles. The van der Waals surface area contributed by atoms with Crippen LogP contribution in [0.5, 0.6) is 11.5 Å². The minimum Gasteiger partial charge on any atom is -0.493 e. The van der Waals surface area contributed by atoms with E-state index in [1.165, 1.54) is 30.5 Å². The third-order valence-electron chi connectivity index (χ3n) is 3.64. The number of benzene rings is 2. The van der Waals surface area contributed by atoms with E-state index in [2.05, 4.69) is 17.5 Å². The molecule has 0 fully saturated rings. The molecular weight excluding hydrogens is 350 g/mol. The Bertz CT molecular complexity index is 836. The van der Waals surface area contributed by atoms with E-state index in [0.717, 1.165) is 12.8 Å². The van der Waals surface area contributed by atoms with Crippen molar-refractivity contribution in [2.75, 3.05) is 13.7 Å². The highest BCUT2D eigenvalue weighted by atomic mass is 16.6. The lowest BCUT2D eigenvalue weighted by atomic mass is 10.2. The first-order valence-electron chi connectivity index (χ1n) is 8.44. The standard InChI is InChI=1S/C19H21N3O5/c1-3-4-10-27-17-9-8-14(11-18(17)26-2)13-20-21-19(23)15-6-5-7-16(12-15)22(24)25/h5-9,11-13H,3-4,10H2,1-2H3,(H,21,23)/b20-13+. The zero-order valence-electron chi connectivity index (χ0n) is 15.2. The molecule has 0 heterocycles. The third kappa shape index (κ3) is 5.81. The van der Waals surface area contributed by atoms with Crippen molar-refractivity contribution in [1.29, 1.82) is 0 Å². The average Bonchev–Trinajstić information content (AvgIpc) is 2.68. The van der Waals surface area contributed by atoms with Gasteiger partial charge in [0, 0.05) is 17.7 Å². The number of carbonyl (C=O) groups excluding carboxylic acids is 1. The molecule has 0 atom stereocenters. The molecular formula is C19H21N3O5. The Kier molecular flexibility index (Phi) is 7.30. The molecule has 8 heteroatoms. The van der Waals surface area contributed by atoms with E-state index in [1.807, 2.05) is 0 Å². The summed E-state index contributed by atoms with van der Waals surface area (Å²) in [5, 5.41) is 14.6. The summed E-state index contributed by atoms with van der Waals surface area (Å²) in [6, 6.07) is 10.7. The number of hydrazone groups is 1. The lowest BCUT2D eigenvalue weighted by molar-refractivity contribution is -0.384. The number of rotatable bonds is 9. The first-order valence-corrected chi connectivity index (χ1v) is 8.44. The summed E-state index contributed by atoms with van der Waals surface area (Å²) < 4.78 is 11.0. The van der Waals surface area contributed by atoms with Crippen molar-refractivity contribution in [1.82, 2.24) is 5.43 Å². The van der Waals surface area contributed by atoms with E-state index in [9.17, 15) is 14.9 Å². The van der Waals surface area contributed by atoms with Crippen molar-refractivity contribution in [2.24, 2.45) is 5.10 Å². The summed E-state index contributed by atoms with van der Waals surface area (Å²) in [5.41, 5.74) is 3.04. The zero-order chi connectivity index (χ0) is 19.6. The molecule has 0 bridgehead atoms. The third-order valence-corrected chi connectivity index (χ3v) is 3.64. The van der Waals surface area contributed by atoms with Crippen LogP contribution in [-0.2, 0) is 0 Å². The quantitative estimate of drug-likeness (QED) is 0.314. The molecule has 2 aromatic rings. The molecule has 0 aliphatic heterocycles. The van der Waals surface area contributed by atoms with Crippen LogP contribution in [0, 0.1) is 10.1 Å². The molecule has 0 radical (unpaired) electrons. The average molecular weight is 371 g/mol. The second kappa shape index (κ2) is 9.91. The van der Waals surface area contributed by atoms with Gasteiger partial charge in [-0.15, -0.1) is 0 Å². The van der Waals surface area contributed by atoms with E-state index in [-0.39, 0.29) is 11.3 Å². The van der Waals surface area contributed by atoms with Crippen LogP contribution in [0.2, 0.25) is 0 Å². The highest BCUT2D eigenvalue weighted by molar-refractivity contribution is 5.95. The second-order valence-electron chi connectivity index (χ2n) is 5.62. The van der Waals surface area contributed by atoms with Crippen LogP contribution in [0.15, 0.2) is 47.6 Å². The minimum absolute atomic E-state index is 0.151.